The molecule has 0 spiro atoms. The Morgan fingerprint density at radius 2 is 1.71 bits per heavy atom. The van der Waals surface area contributed by atoms with Gasteiger partial charge in [-0.25, -0.2) is 9.82 Å². The normalized spacial score (nSPS) is 12.5. The minimum Gasteiger partial charge on any atom is -0.271 e. The van der Waals surface area contributed by atoms with E-state index in [1.54, 1.807) is 12.1 Å². The van der Waals surface area contributed by atoms with Gasteiger partial charge in [0.2, 0.25) is 0 Å². The summed E-state index contributed by atoms with van der Waals surface area (Å²) in [5.41, 5.74) is 4.20. The molecule has 0 fully saturated rings. The first kappa shape index (κ1) is 14.2. The van der Waals surface area contributed by atoms with E-state index in [0.29, 0.717) is 5.56 Å². The highest BCUT2D eigenvalue weighted by Crippen LogP contribution is 2.31. The molecule has 2 nitrogen and oxygen atoms in total. The van der Waals surface area contributed by atoms with E-state index in [4.69, 9.17) is 5.84 Å². The minimum absolute atomic E-state index is 0.283. The van der Waals surface area contributed by atoms with E-state index in [9.17, 15) is 4.39 Å². The molecule has 0 aliphatic heterocycles. The number of halogens is 2. The highest BCUT2D eigenvalue weighted by atomic mass is 79.9. The lowest BCUT2D eigenvalue weighted by Gasteiger charge is -2.20. The Balaban J connectivity index is 2.21. The zero-order valence-corrected chi connectivity index (χ0v) is 12.8. The molecule has 3 aromatic rings. The molecule has 0 bridgehead atoms. The van der Waals surface area contributed by atoms with Crippen molar-refractivity contribution in [3.05, 3.63) is 82.1 Å². The van der Waals surface area contributed by atoms with Gasteiger partial charge in [0, 0.05) is 10.0 Å². The summed E-state index contributed by atoms with van der Waals surface area (Å²) in [5.74, 6) is 5.43. The van der Waals surface area contributed by atoms with Gasteiger partial charge >= 0.3 is 0 Å². The molecule has 3 rings (SSSR count). The van der Waals surface area contributed by atoms with E-state index < -0.39 is 6.04 Å². The smallest absolute Gasteiger partial charge is 0.128 e. The van der Waals surface area contributed by atoms with E-state index in [2.05, 4.69) is 21.4 Å². The number of nitrogens with one attached hydrogen (secondary N) is 1. The van der Waals surface area contributed by atoms with Crippen LogP contribution in [0.3, 0.4) is 0 Å². The molecule has 0 saturated carbocycles. The summed E-state index contributed by atoms with van der Waals surface area (Å²) >= 11 is 3.38. The molecule has 0 radical (unpaired) electrons. The summed E-state index contributed by atoms with van der Waals surface area (Å²) in [6.07, 6.45) is 0. The Morgan fingerprint density at radius 3 is 2.52 bits per heavy atom. The summed E-state index contributed by atoms with van der Waals surface area (Å²) in [7, 11) is 0. The van der Waals surface area contributed by atoms with Gasteiger partial charge in [-0.3, -0.25) is 5.84 Å². The monoisotopic (exact) mass is 344 g/mol. The second-order valence-electron chi connectivity index (χ2n) is 4.83. The fraction of sp³-hybridized carbons (Fsp3) is 0.0588. The van der Waals surface area contributed by atoms with Crippen molar-refractivity contribution < 1.29 is 4.39 Å². The molecule has 1 unspecified atom stereocenters. The van der Waals surface area contributed by atoms with Crippen LogP contribution in [0.2, 0.25) is 0 Å². The van der Waals surface area contributed by atoms with Crippen LogP contribution in [-0.2, 0) is 0 Å². The van der Waals surface area contributed by atoms with Gasteiger partial charge in [0.25, 0.3) is 0 Å². The van der Waals surface area contributed by atoms with Crippen LogP contribution in [0.1, 0.15) is 17.2 Å². The molecule has 21 heavy (non-hydrogen) atoms. The van der Waals surface area contributed by atoms with Gasteiger partial charge in [0.05, 0.1) is 6.04 Å². The molecule has 3 aromatic carbocycles. The number of fused-ring (bicyclic) bond motifs is 1. The zero-order valence-electron chi connectivity index (χ0n) is 11.2. The average Bonchev–Trinajstić information content (AvgIpc) is 2.51. The highest BCUT2D eigenvalue weighted by molar-refractivity contribution is 9.10. The predicted molar refractivity (Wildman–Crippen MR) is 87.2 cm³/mol. The molecular weight excluding hydrogens is 331 g/mol. The number of hydrogen-bond acceptors (Lipinski definition) is 2. The third kappa shape index (κ3) is 2.70. The van der Waals surface area contributed by atoms with Crippen molar-refractivity contribution >= 4 is 26.7 Å². The lowest BCUT2D eigenvalue weighted by molar-refractivity contribution is 0.561. The number of nitrogens with two attached hydrogens (primary N) is 1. The van der Waals surface area contributed by atoms with Gasteiger partial charge in [0.15, 0.2) is 0 Å². The lowest BCUT2D eigenvalue weighted by atomic mass is 9.94. The van der Waals surface area contributed by atoms with Gasteiger partial charge in [-0.2, -0.15) is 0 Å². The topological polar surface area (TPSA) is 38.0 Å². The Labute approximate surface area is 130 Å². The Hall–Kier alpha value is -1.75. The summed E-state index contributed by atoms with van der Waals surface area (Å²) in [6.45, 7) is 0. The third-order valence-corrected chi connectivity index (χ3v) is 4.06. The molecule has 0 aliphatic carbocycles. The number of benzene rings is 3. The summed E-state index contributed by atoms with van der Waals surface area (Å²) < 4.78 is 15.0. The SMILES string of the molecule is NNC(c1cc(Br)ccc1F)c1cccc2ccccc12. The lowest BCUT2D eigenvalue weighted by Crippen LogP contribution is -2.29. The highest BCUT2D eigenvalue weighted by Gasteiger charge is 2.18. The number of hydrogen-bond donors (Lipinski definition) is 2. The van der Waals surface area contributed by atoms with E-state index in [1.165, 1.54) is 6.07 Å². The Bertz CT molecular complexity index is 783. The predicted octanol–water partition coefficient (Wildman–Crippen LogP) is 4.29. The maximum absolute atomic E-state index is 14.2. The molecule has 0 saturated heterocycles. The molecule has 0 amide bonds. The summed E-state index contributed by atoms with van der Waals surface area (Å²) in [4.78, 5) is 0. The van der Waals surface area contributed by atoms with Crippen LogP contribution < -0.4 is 11.3 Å². The van der Waals surface area contributed by atoms with Crippen molar-refractivity contribution in [3.63, 3.8) is 0 Å². The molecule has 0 aromatic heterocycles. The minimum atomic E-state index is -0.409. The quantitative estimate of drug-likeness (QED) is 0.549. The zero-order chi connectivity index (χ0) is 14.8. The van der Waals surface area contributed by atoms with Gasteiger partial charge < -0.3 is 0 Å². The van der Waals surface area contributed by atoms with Crippen LogP contribution in [0, 0.1) is 5.82 Å². The Kier molecular flexibility index (Phi) is 4.01. The van der Waals surface area contributed by atoms with Crippen LogP contribution in [0.5, 0.6) is 0 Å². The van der Waals surface area contributed by atoms with Crippen molar-refractivity contribution in [2.45, 2.75) is 6.04 Å². The van der Waals surface area contributed by atoms with Crippen molar-refractivity contribution in [1.29, 1.82) is 0 Å². The fourth-order valence-electron chi connectivity index (χ4n) is 2.59. The average molecular weight is 345 g/mol. The van der Waals surface area contributed by atoms with Crippen LogP contribution in [-0.4, -0.2) is 0 Å². The van der Waals surface area contributed by atoms with E-state index in [-0.39, 0.29) is 5.82 Å². The fourth-order valence-corrected chi connectivity index (χ4v) is 2.96. The van der Waals surface area contributed by atoms with Gasteiger partial charge in [-0.1, -0.05) is 58.4 Å². The van der Waals surface area contributed by atoms with E-state index >= 15 is 0 Å². The molecule has 4 heteroatoms. The van der Waals surface area contributed by atoms with Gasteiger partial charge in [-0.05, 0) is 34.5 Å². The second kappa shape index (κ2) is 5.93. The largest absolute Gasteiger partial charge is 0.271 e. The maximum Gasteiger partial charge on any atom is 0.128 e. The Morgan fingerprint density at radius 1 is 0.952 bits per heavy atom. The van der Waals surface area contributed by atoms with Gasteiger partial charge in [-0.15, -0.1) is 0 Å². The summed E-state index contributed by atoms with van der Waals surface area (Å²) in [5, 5.41) is 2.16. The molecule has 3 N–H and O–H groups in total. The van der Waals surface area contributed by atoms with Gasteiger partial charge in [0.1, 0.15) is 5.82 Å². The maximum atomic E-state index is 14.2. The first-order valence-corrected chi connectivity index (χ1v) is 7.39. The first-order chi connectivity index (χ1) is 10.2. The number of rotatable bonds is 3. The van der Waals surface area contributed by atoms with Crippen molar-refractivity contribution in [2.24, 2.45) is 5.84 Å². The van der Waals surface area contributed by atoms with Crippen molar-refractivity contribution in [1.82, 2.24) is 5.43 Å². The van der Waals surface area contributed by atoms with Crippen LogP contribution in [0.25, 0.3) is 10.8 Å². The molecule has 0 aliphatic rings. The second-order valence-corrected chi connectivity index (χ2v) is 5.75. The van der Waals surface area contributed by atoms with E-state index in [0.717, 1.165) is 20.8 Å². The van der Waals surface area contributed by atoms with Crippen LogP contribution in [0.4, 0.5) is 4.39 Å². The third-order valence-electron chi connectivity index (χ3n) is 3.57. The van der Waals surface area contributed by atoms with Crippen molar-refractivity contribution in [2.75, 3.05) is 0 Å². The molecular formula is C17H14BrFN2. The van der Waals surface area contributed by atoms with Crippen LogP contribution >= 0.6 is 15.9 Å². The summed E-state index contributed by atoms with van der Waals surface area (Å²) in [6, 6.07) is 18.4. The van der Waals surface area contributed by atoms with Crippen molar-refractivity contribution in [3.8, 4) is 0 Å². The molecule has 0 heterocycles. The van der Waals surface area contributed by atoms with E-state index in [1.807, 2.05) is 42.5 Å². The first-order valence-electron chi connectivity index (χ1n) is 6.59. The number of hydrazine groups is 1. The molecule has 106 valence electrons. The standard InChI is InChI=1S/C17H14BrFN2/c18-12-8-9-16(19)15(10-12)17(21-20)14-7-3-5-11-4-1-2-6-13(11)14/h1-10,17,21H,20H2. The molecule has 1 atom stereocenters. The van der Waals surface area contributed by atoms with Crippen LogP contribution in [0.15, 0.2) is 65.1 Å².